The summed E-state index contributed by atoms with van der Waals surface area (Å²) in [5.41, 5.74) is 7.62. The van der Waals surface area contributed by atoms with E-state index in [1.54, 1.807) is 0 Å². The van der Waals surface area contributed by atoms with Crippen molar-refractivity contribution >= 4 is 43.5 Å². The molecule has 1 aliphatic rings. The quantitative estimate of drug-likeness (QED) is 0.179. The van der Waals surface area contributed by atoms with Crippen LogP contribution in [0, 0.1) is 0 Å². The van der Waals surface area contributed by atoms with Crippen molar-refractivity contribution in [2.24, 2.45) is 0 Å². The van der Waals surface area contributed by atoms with Crippen LogP contribution in [0.3, 0.4) is 0 Å². The molecule has 0 aliphatic heterocycles. The number of nitrogens with zero attached hydrogens (tertiary/aromatic N) is 3. The van der Waals surface area contributed by atoms with Crippen LogP contribution in [0.5, 0.6) is 0 Å². The van der Waals surface area contributed by atoms with Gasteiger partial charge in [0.1, 0.15) is 0 Å². The van der Waals surface area contributed by atoms with Crippen molar-refractivity contribution < 1.29 is 0 Å². The second-order valence-electron chi connectivity index (χ2n) is 12.3. The first-order chi connectivity index (χ1) is 24.3. The molecule has 0 unspecified atom stereocenters. The molecule has 0 amide bonds. The molecular formula is C46H31N3. The van der Waals surface area contributed by atoms with Gasteiger partial charge in [-0.15, -0.1) is 0 Å². The largest absolute Gasteiger partial charge is 0.208 e. The maximum absolute atomic E-state index is 5.20. The van der Waals surface area contributed by atoms with Crippen molar-refractivity contribution in [3.8, 4) is 34.2 Å². The molecule has 0 N–H and O–H groups in total. The first kappa shape index (κ1) is 28.7. The third kappa shape index (κ3) is 5.22. The SMILES string of the molecule is C1=CC(c2c(-c3nc(-c4ccccc4)nc(-c4ccccc4)n3)ccc3c4ccccc4c4ccccc4c23)=CC=C(c2ccccc2)C1. The standard InChI is InChI=1S/C46H31N3/c1-4-15-31(16-5-1)32-21-14-22-33(28-27-32)42-41(30-29-40-38-25-11-10-23-36(38)37-24-12-13-26-39(37)43(40)42)46-48-44(34-17-6-2-7-18-34)47-45(49-46)35-19-8-3-9-20-35/h1-20,22-30H,21H2. The Morgan fingerprint density at radius 3 is 1.45 bits per heavy atom. The first-order valence-corrected chi connectivity index (χ1v) is 16.7. The second-order valence-corrected chi connectivity index (χ2v) is 12.3. The number of fused-ring (bicyclic) bond motifs is 6. The van der Waals surface area contributed by atoms with E-state index in [0.29, 0.717) is 17.5 Å². The Morgan fingerprint density at radius 2 is 0.857 bits per heavy atom. The highest BCUT2D eigenvalue weighted by molar-refractivity contribution is 6.28. The van der Waals surface area contributed by atoms with Crippen LogP contribution < -0.4 is 0 Å². The Balaban J connectivity index is 1.39. The Labute approximate surface area is 285 Å². The van der Waals surface area contributed by atoms with E-state index in [2.05, 4.69) is 140 Å². The van der Waals surface area contributed by atoms with Crippen molar-refractivity contribution in [2.45, 2.75) is 6.42 Å². The van der Waals surface area contributed by atoms with Crippen LogP contribution in [0.1, 0.15) is 17.5 Å². The molecule has 0 fully saturated rings. The third-order valence-electron chi connectivity index (χ3n) is 9.38. The average molecular weight is 626 g/mol. The molecule has 49 heavy (non-hydrogen) atoms. The summed E-state index contributed by atoms with van der Waals surface area (Å²) in [4.78, 5) is 15.4. The first-order valence-electron chi connectivity index (χ1n) is 16.7. The van der Waals surface area contributed by atoms with Gasteiger partial charge in [0.25, 0.3) is 0 Å². The predicted octanol–water partition coefficient (Wildman–Crippen LogP) is 11.8. The van der Waals surface area contributed by atoms with Crippen molar-refractivity contribution in [3.63, 3.8) is 0 Å². The Bertz CT molecular complexity index is 2510. The average Bonchev–Trinajstić information content (AvgIpc) is 3.45. The van der Waals surface area contributed by atoms with Gasteiger partial charge in [-0.05, 0) is 61.5 Å². The molecular weight excluding hydrogens is 595 g/mol. The summed E-state index contributed by atoms with van der Waals surface area (Å²) in [6.45, 7) is 0. The molecule has 0 spiro atoms. The van der Waals surface area contributed by atoms with Crippen molar-refractivity contribution in [1.82, 2.24) is 15.0 Å². The highest BCUT2D eigenvalue weighted by Crippen LogP contribution is 2.43. The van der Waals surface area contributed by atoms with Crippen LogP contribution in [0.2, 0.25) is 0 Å². The molecule has 7 aromatic carbocycles. The predicted molar refractivity (Wildman–Crippen MR) is 205 cm³/mol. The molecule has 8 aromatic rings. The minimum absolute atomic E-state index is 0.646. The number of aromatic nitrogens is 3. The Hall–Kier alpha value is -6.45. The molecule has 0 saturated carbocycles. The fraction of sp³-hybridized carbons (Fsp3) is 0.0217. The van der Waals surface area contributed by atoms with Gasteiger partial charge in [0, 0.05) is 22.3 Å². The van der Waals surface area contributed by atoms with E-state index in [4.69, 9.17) is 15.0 Å². The zero-order chi connectivity index (χ0) is 32.6. The minimum atomic E-state index is 0.646. The van der Waals surface area contributed by atoms with Crippen molar-refractivity contribution in [1.29, 1.82) is 0 Å². The Morgan fingerprint density at radius 1 is 0.388 bits per heavy atom. The van der Waals surface area contributed by atoms with Crippen LogP contribution in [0.25, 0.3) is 77.6 Å². The second kappa shape index (κ2) is 12.3. The van der Waals surface area contributed by atoms with Gasteiger partial charge in [-0.25, -0.2) is 15.0 Å². The van der Waals surface area contributed by atoms with Gasteiger partial charge in [0.2, 0.25) is 0 Å². The van der Waals surface area contributed by atoms with E-state index in [9.17, 15) is 0 Å². The number of hydrogen-bond donors (Lipinski definition) is 0. The van der Waals surface area contributed by atoms with Crippen LogP contribution in [-0.4, -0.2) is 15.0 Å². The highest BCUT2D eigenvalue weighted by Gasteiger charge is 2.21. The number of allylic oxidation sites excluding steroid dienone is 6. The molecule has 0 atom stereocenters. The molecule has 1 heterocycles. The number of hydrogen-bond acceptors (Lipinski definition) is 3. The highest BCUT2D eigenvalue weighted by atomic mass is 15.0. The van der Waals surface area contributed by atoms with Crippen molar-refractivity contribution in [3.05, 3.63) is 187 Å². The molecule has 0 radical (unpaired) electrons. The molecule has 3 heteroatoms. The summed E-state index contributed by atoms with van der Waals surface area (Å²) in [5, 5.41) is 7.32. The fourth-order valence-corrected chi connectivity index (χ4v) is 7.07. The molecule has 1 aromatic heterocycles. The van der Waals surface area contributed by atoms with Crippen LogP contribution in [-0.2, 0) is 0 Å². The summed E-state index contributed by atoms with van der Waals surface area (Å²) in [6.07, 6.45) is 9.93. The number of rotatable bonds is 5. The summed E-state index contributed by atoms with van der Waals surface area (Å²) in [6, 6.07) is 53.0. The summed E-state index contributed by atoms with van der Waals surface area (Å²) in [7, 11) is 0. The normalized spacial score (nSPS) is 13.0. The number of benzene rings is 7. The van der Waals surface area contributed by atoms with E-state index in [0.717, 1.165) is 34.2 Å². The topological polar surface area (TPSA) is 38.7 Å². The van der Waals surface area contributed by atoms with E-state index in [-0.39, 0.29) is 0 Å². The fourth-order valence-electron chi connectivity index (χ4n) is 7.07. The van der Waals surface area contributed by atoms with Gasteiger partial charge < -0.3 is 0 Å². The maximum Gasteiger partial charge on any atom is 0.164 e. The third-order valence-corrected chi connectivity index (χ3v) is 9.38. The lowest BCUT2D eigenvalue weighted by Crippen LogP contribution is -2.02. The lowest BCUT2D eigenvalue weighted by Gasteiger charge is -2.18. The van der Waals surface area contributed by atoms with E-state index in [1.807, 2.05) is 36.4 Å². The Kier molecular flexibility index (Phi) is 7.21. The molecule has 9 rings (SSSR count). The van der Waals surface area contributed by atoms with Crippen molar-refractivity contribution in [2.75, 3.05) is 0 Å². The van der Waals surface area contributed by atoms with E-state index in [1.165, 1.54) is 43.5 Å². The van der Waals surface area contributed by atoms with Gasteiger partial charge in [-0.2, -0.15) is 0 Å². The van der Waals surface area contributed by atoms with Crippen LogP contribution in [0.15, 0.2) is 176 Å². The van der Waals surface area contributed by atoms with Gasteiger partial charge in [-0.1, -0.05) is 170 Å². The minimum Gasteiger partial charge on any atom is -0.208 e. The molecule has 3 nitrogen and oxygen atoms in total. The lowest BCUT2D eigenvalue weighted by atomic mass is 9.86. The monoisotopic (exact) mass is 625 g/mol. The maximum atomic E-state index is 5.20. The smallest absolute Gasteiger partial charge is 0.164 e. The lowest BCUT2D eigenvalue weighted by molar-refractivity contribution is 1.07. The zero-order valence-electron chi connectivity index (χ0n) is 26.8. The molecule has 0 bridgehead atoms. The van der Waals surface area contributed by atoms with E-state index >= 15 is 0 Å². The van der Waals surface area contributed by atoms with Gasteiger partial charge >= 0.3 is 0 Å². The zero-order valence-corrected chi connectivity index (χ0v) is 26.8. The summed E-state index contributed by atoms with van der Waals surface area (Å²) >= 11 is 0. The van der Waals surface area contributed by atoms with Gasteiger partial charge in [0.05, 0.1) is 0 Å². The molecule has 230 valence electrons. The van der Waals surface area contributed by atoms with E-state index < -0.39 is 0 Å². The summed E-state index contributed by atoms with van der Waals surface area (Å²) in [5.74, 6) is 1.94. The summed E-state index contributed by atoms with van der Waals surface area (Å²) < 4.78 is 0. The van der Waals surface area contributed by atoms with Crippen LogP contribution >= 0.6 is 0 Å². The van der Waals surface area contributed by atoms with Gasteiger partial charge in [-0.3, -0.25) is 0 Å². The molecule has 0 saturated heterocycles. The van der Waals surface area contributed by atoms with Crippen LogP contribution in [0.4, 0.5) is 0 Å². The van der Waals surface area contributed by atoms with Gasteiger partial charge in [0.15, 0.2) is 17.5 Å². The molecule has 1 aliphatic carbocycles.